The molecule has 0 aromatic heterocycles. The van der Waals surface area contributed by atoms with Gasteiger partial charge in [0.25, 0.3) is 5.69 Å². The topological polar surface area (TPSA) is 101 Å². The summed E-state index contributed by atoms with van der Waals surface area (Å²) in [7, 11) is 0. The zero-order chi connectivity index (χ0) is 12.5. The molecule has 1 aromatic rings. The van der Waals surface area contributed by atoms with Crippen molar-refractivity contribution in [2.45, 2.75) is 13.0 Å². The van der Waals surface area contributed by atoms with Crippen molar-refractivity contribution in [3.63, 3.8) is 0 Å². The third kappa shape index (κ3) is 2.12. The highest BCUT2D eigenvalue weighted by Crippen LogP contribution is 2.32. The minimum atomic E-state index is -1.80. The summed E-state index contributed by atoms with van der Waals surface area (Å²) in [6.07, 6.45) is -1.80. The highest BCUT2D eigenvalue weighted by molar-refractivity contribution is 6.32. The number of rotatable bonds is 3. The molecule has 0 aliphatic heterocycles. The van der Waals surface area contributed by atoms with Crippen molar-refractivity contribution in [2.24, 2.45) is 0 Å². The number of nitro benzene ring substituents is 1. The van der Waals surface area contributed by atoms with Crippen LogP contribution in [0.5, 0.6) is 0 Å². The second-order valence-corrected chi connectivity index (χ2v) is 3.52. The Hall–Kier alpha value is -1.66. The number of halogens is 1. The molecule has 0 radical (unpaired) electrons. The summed E-state index contributed by atoms with van der Waals surface area (Å²) < 4.78 is 0. The lowest BCUT2D eigenvalue weighted by molar-refractivity contribution is -0.385. The summed E-state index contributed by atoms with van der Waals surface area (Å²) in [5, 5.41) is 28.5. The lowest BCUT2D eigenvalue weighted by atomic mass is 10.0. The Kier molecular flexibility index (Phi) is 3.46. The molecule has 0 bridgehead atoms. The molecule has 0 amide bonds. The van der Waals surface area contributed by atoms with E-state index in [1.165, 1.54) is 19.1 Å². The molecule has 1 unspecified atom stereocenters. The molecule has 0 aliphatic rings. The first-order chi connectivity index (χ1) is 7.36. The van der Waals surface area contributed by atoms with E-state index >= 15 is 0 Å². The van der Waals surface area contributed by atoms with E-state index in [0.717, 1.165) is 0 Å². The van der Waals surface area contributed by atoms with E-state index in [0.29, 0.717) is 0 Å². The number of carboxylic acid groups (broad SMARTS) is 1. The van der Waals surface area contributed by atoms with Crippen molar-refractivity contribution in [3.05, 3.63) is 38.4 Å². The first-order valence-corrected chi connectivity index (χ1v) is 4.58. The van der Waals surface area contributed by atoms with Gasteiger partial charge in [-0.15, -0.1) is 0 Å². The quantitative estimate of drug-likeness (QED) is 0.623. The van der Waals surface area contributed by atoms with Gasteiger partial charge in [0, 0.05) is 11.1 Å². The molecule has 1 rings (SSSR count). The molecule has 0 fully saturated rings. The van der Waals surface area contributed by atoms with Gasteiger partial charge in [0.1, 0.15) is 5.02 Å². The largest absolute Gasteiger partial charge is 0.479 e. The Balaban J connectivity index is 3.40. The number of benzene rings is 1. The van der Waals surface area contributed by atoms with Gasteiger partial charge < -0.3 is 10.2 Å². The van der Waals surface area contributed by atoms with Gasteiger partial charge in [-0.1, -0.05) is 17.7 Å². The Morgan fingerprint density at radius 3 is 2.56 bits per heavy atom. The van der Waals surface area contributed by atoms with Crippen molar-refractivity contribution >= 4 is 23.3 Å². The fourth-order valence-electron chi connectivity index (χ4n) is 1.34. The van der Waals surface area contributed by atoms with Gasteiger partial charge in [-0.3, -0.25) is 10.1 Å². The van der Waals surface area contributed by atoms with Crippen molar-refractivity contribution in [1.29, 1.82) is 0 Å². The van der Waals surface area contributed by atoms with Gasteiger partial charge in [-0.05, 0) is 13.0 Å². The number of hydrogen-bond acceptors (Lipinski definition) is 4. The van der Waals surface area contributed by atoms with Crippen LogP contribution in [0.4, 0.5) is 5.69 Å². The van der Waals surface area contributed by atoms with Crippen LogP contribution in [0, 0.1) is 17.0 Å². The third-order valence-electron chi connectivity index (χ3n) is 2.13. The summed E-state index contributed by atoms with van der Waals surface area (Å²) in [5.41, 5.74) is -0.379. The van der Waals surface area contributed by atoms with Crippen LogP contribution in [0.25, 0.3) is 0 Å². The maximum atomic E-state index is 10.7. The molecular weight excluding hydrogens is 238 g/mol. The van der Waals surface area contributed by atoms with E-state index in [-0.39, 0.29) is 21.8 Å². The van der Waals surface area contributed by atoms with Crippen molar-refractivity contribution in [1.82, 2.24) is 0 Å². The number of nitrogens with zero attached hydrogens (tertiary/aromatic N) is 1. The van der Waals surface area contributed by atoms with Crippen molar-refractivity contribution < 1.29 is 19.9 Å². The number of nitro groups is 1. The second-order valence-electron chi connectivity index (χ2n) is 3.11. The van der Waals surface area contributed by atoms with Crippen LogP contribution in [-0.4, -0.2) is 21.1 Å². The molecule has 0 aliphatic carbocycles. The predicted molar refractivity (Wildman–Crippen MR) is 55.4 cm³/mol. The molecule has 1 aromatic carbocycles. The summed E-state index contributed by atoms with van der Waals surface area (Å²) in [5.74, 6) is -1.47. The fraction of sp³-hybridized carbons (Fsp3) is 0.222. The third-order valence-corrected chi connectivity index (χ3v) is 2.44. The lowest BCUT2D eigenvalue weighted by Crippen LogP contribution is -2.12. The second kappa shape index (κ2) is 4.46. The minimum absolute atomic E-state index is 0.0383. The van der Waals surface area contributed by atoms with Crippen LogP contribution in [-0.2, 0) is 4.79 Å². The number of aliphatic carboxylic acids is 1. The van der Waals surface area contributed by atoms with E-state index < -0.39 is 17.0 Å². The normalized spacial score (nSPS) is 12.2. The molecular formula is C9H8ClNO5. The predicted octanol–water partition coefficient (Wildman–Crippen LogP) is 1.67. The molecule has 0 saturated carbocycles. The summed E-state index contributed by atoms with van der Waals surface area (Å²) >= 11 is 5.61. The van der Waals surface area contributed by atoms with Gasteiger partial charge in [0.2, 0.25) is 0 Å². The van der Waals surface area contributed by atoms with Gasteiger partial charge >= 0.3 is 5.97 Å². The smallest absolute Gasteiger partial charge is 0.337 e. The van der Waals surface area contributed by atoms with E-state index in [1.807, 2.05) is 0 Å². The molecule has 0 spiro atoms. The van der Waals surface area contributed by atoms with Gasteiger partial charge in [-0.2, -0.15) is 0 Å². The van der Waals surface area contributed by atoms with Crippen molar-refractivity contribution in [2.75, 3.05) is 0 Å². The van der Waals surface area contributed by atoms with Crippen LogP contribution >= 0.6 is 11.6 Å². The molecule has 0 saturated heterocycles. The summed E-state index contributed by atoms with van der Waals surface area (Å²) in [6, 6.07) is 2.44. The first kappa shape index (κ1) is 12.4. The lowest BCUT2D eigenvalue weighted by Gasteiger charge is -2.10. The van der Waals surface area contributed by atoms with Gasteiger partial charge in [-0.25, -0.2) is 4.79 Å². The Bertz CT molecular complexity index is 459. The van der Waals surface area contributed by atoms with Crippen LogP contribution in [0.15, 0.2) is 12.1 Å². The average Bonchev–Trinajstić information content (AvgIpc) is 2.16. The van der Waals surface area contributed by atoms with Crippen LogP contribution in [0.2, 0.25) is 5.02 Å². The van der Waals surface area contributed by atoms with E-state index in [4.69, 9.17) is 16.7 Å². The Morgan fingerprint density at radius 1 is 1.56 bits per heavy atom. The highest BCUT2D eigenvalue weighted by Gasteiger charge is 2.25. The highest BCUT2D eigenvalue weighted by atomic mass is 35.5. The zero-order valence-corrected chi connectivity index (χ0v) is 8.93. The van der Waals surface area contributed by atoms with E-state index in [2.05, 4.69) is 0 Å². The molecule has 16 heavy (non-hydrogen) atoms. The zero-order valence-electron chi connectivity index (χ0n) is 8.18. The molecule has 86 valence electrons. The van der Waals surface area contributed by atoms with Gasteiger partial charge in [0.15, 0.2) is 6.10 Å². The van der Waals surface area contributed by atoms with Crippen LogP contribution < -0.4 is 0 Å². The number of aliphatic hydroxyl groups is 1. The Labute approximate surface area is 95.2 Å². The first-order valence-electron chi connectivity index (χ1n) is 4.20. The molecule has 7 heteroatoms. The number of hydrogen-bond donors (Lipinski definition) is 2. The van der Waals surface area contributed by atoms with E-state index in [1.54, 1.807) is 0 Å². The summed E-state index contributed by atoms with van der Waals surface area (Å²) in [4.78, 5) is 20.5. The molecule has 1 atom stereocenters. The van der Waals surface area contributed by atoms with Crippen LogP contribution in [0.1, 0.15) is 17.2 Å². The standard InChI is InChI=1S/C9H8ClNO5/c1-4-5(8(12)9(13)14)2-3-6(10)7(4)11(15)16/h2-3,8,12H,1H3,(H,13,14). The summed E-state index contributed by atoms with van der Waals surface area (Å²) in [6.45, 7) is 1.34. The monoisotopic (exact) mass is 245 g/mol. The fourth-order valence-corrected chi connectivity index (χ4v) is 1.61. The van der Waals surface area contributed by atoms with Crippen LogP contribution in [0.3, 0.4) is 0 Å². The SMILES string of the molecule is Cc1c(C(O)C(=O)O)ccc(Cl)c1[N+](=O)[O-]. The molecule has 0 heterocycles. The maximum Gasteiger partial charge on any atom is 0.337 e. The Morgan fingerprint density at radius 2 is 2.12 bits per heavy atom. The van der Waals surface area contributed by atoms with Gasteiger partial charge in [0.05, 0.1) is 4.92 Å². The maximum absolute atomic E-state index is 10.7. The molecule has 6 nitrogen and oxygen atoms in total. The molecule has 2 N–H and O–H groups in total. The number of carbonyl (C=O) groups is 1. The van der Waals surface area contributed by atoms with E-state index in [9.17, 15) is 20.0 Å². The average molecular weight is 246 g/mol. The number of carboxylic acids is 1. The van der Waals surface area contributed by atoms with Crippen molar-refractivity contribution in [3.8, 4) is 0 Å². The number of aliphatic hydroxyl groups excluding tert-OH is 1. The minimum Gasteiger partial charge on any atom is -0.479 e.